The lowest BCUT2D eigenvalue weighted by Crippen LogP contribution is -2.30. The SMILES string of the molecule is CC(COc1ccc(-c2ccnc(N[C@H]3CCCOC3)c2)cc1Cl)C[C@H](C)CC(C)(C)C. The van der Waals surface area contributed by atoms with Crippen LogP contribution in [0, 0.1) is 17.3 Å². The van der Waals surface area contributed by atoms with E-state index in [9.17, 15) is 0 Å². The van der Waals surface area contributed by atoms with Crippen LogP contribution in [0.1, 0.15) is 60.3 Å². The Balaban J connectivity index is 1.57. The fourth-order valence-corrected chi connectivity index (χ4v) is 4.90. The minimum absolute atomic E-state index is 0.318. The minimum atomic E-state index is 0.318. The molecule has 1 aliphatic rings. The number of aromatic nitrogens is 1. The predicted octanol–water partition coefficient (Wildman–Crippen LogP) is 7.47. The molecule has 0 bridgehead atoms. The van der Waals surface area contributed by atoms with Gasteiger partial charge in [-0.15, -0.1) is 0 Å². The summed E-state index contributed by atoms with van der Waals surface area (Å²) in [5.41, 5.74) is 2.50. The first-order chi connectivity index (χ1) is 15.2. The Bertz CT molecular complexity index is 859. The Hall–Kier alpha value is -1.78. The highest BCUT2D eigenvalue weighted by atomic mass is 35.5. The predicted molar refractivity (Wildman–Crippen MR) is 135 cm³/mol. The summed E-state index contributed by atoms with van der Waals surface area (Å²) in [6.45, 7) is 13.8. The Morgan fingerprint density at radius 3 is 2.62 bits per heavy atom. The van der Waals surface area contributed by atoms with Gasteiger partial charge in [0.25, 0.3) is 0 Å². The van der Waals surface area contributed by atoms with E-state index < -0.39 is 0 Å². The number of pyridine rings is 1. The molecule has 5 heteroatoms. The number of hydrogen-bond acceptors (Lipinski definition) is 4. The van der Waals surface area contributed by atoms with Gasteiger partial charge in [0.2, 0.25) is 0 Å². The van der Waals surface area contributed by atoms with Crippen molar-refractivity contribution in [3.05, 3.63) is 41.6 Å². The monoisotopic (exact) mass is 458 g/mol. The van der Waals surface area contributed by atoms with Gasteiger partial charge >= 0.3 is 0 Å². The zero-order valence-corrected chi connectivity index (χ0v) is 21.0. The maximum absolute atomic E-state index is 6.58. The van der Waals surface area contributed by atoms with Crippen LogP contribution in [-0.4, -0.2) is 30.8 Å². The number of anilines is 1. The van der Waals surface area contributed by atoms with E-state index in [0.29, 0.717) is 34.9 Å². The molecule has 0 spiro atoms. The molecule has 1 N–H and O–H groups in total. The van der Waals surface area contributed by atoms with Crippen molar-refractivity contribution in [3.8, 4) is 16.9 Å². The number of hydrogen-bond donors (Lipinski definition) is 1. The summed E-state index contributed by atoms with van der Waals surface area (Å²) in [6, 6.07) is 10.4. The summed E-state index contributed by atoms with van der Waals surface area (Å²) in [5, 5.41) is 4.13. The summed E-state index contributed by atoms with van der Waals surface area (Å²) in [5.74, 6) is 2.78. The van der Waals surface area contributed by atoms with Gasteiger partial charge in [-0.1, -0.05) is 52.3 Å². The highest BCUT2D eigenvalue weighted by Crippen LogP contribution is 2.32. The van der Waals surface area contributed by atoms with Gasteiger partial charge in [0.05, 0.1) is 24.3 Å². The molecule has 32 heavy (non-hydrogen) atoms. The highest BCUT2D eigenvalue weighted by molar-refractivity contribution is 6.32. The molecule has 1 fully saturated rings. The maximum atomic E-state index is 6.58. The Kier molecular flexibility index (Phi) is 8.84. The molecule has 1 aromatic heterocycles. The Morgan fingerprint density at radius 1 is 1.16 bits per heavy atom. The first-order valence-electron chi connectivity index (χ1n) is 11.9. The van der Waals surface area contributed by atoms with E-state index in [1.54, 1.807) is 0 Å². The molecule has 0 amide bonds. The van der Waals surface area contributed by atoms with Crippen molar-refractivity contribution in [2.75, 3.05) is 25.1 Å². The fourth-order valence-electron chi connectivity index (χ4n) is 4.67. The van der Waals surface area contributed by atoms with E-state index in [1.807, 2.05) is 24.4 Å². The van der Waals surface area contributed by atoms with Gasteiger partial charge in [-0.05, 0) is 78.3 Å². The maximum Gasteiger partial charge on any atom is 0.137 e. The Morgan fingerprint density at radius 2 is 1.94 bits per heavy atom. The van der Waals surface area contributed by atoms with E-state index in [-0.39, 0.29) is 0 Å². The van der Waals surface area contributed by atoms with Crippen molar-refractivity contribution in [3.63, 3.8) is 0 Å². The molecule has 1 aromatic carbocycles. The van der Waals surface area contributed by atoms with Gasteiger partial charge in [0, 0.05) is 12.8 Å². The van der Waals surface area contributed by atoms with E-state index in [1.165, 1.54) is 6.42 Å². The number of nitrogens with zero attached hydrogens (tertiary/aromatic N) is 1. The van der Waals surface area contributed by atoms with Crippen molar-refractivity contribution >= 4 is 17.4 Å². The lowest BCUT2D eigenvalue weighted by molar-refractivity contribution is 0.0875. The van der Waals surface area contributed by atoms with Crippen LogP contribution in [-0.2, 0) is 4.74 Å². The molecule has 0 saturated carbocycles. The van der Waals surface area contributed by atoms with Gasteiger partial charge in [0.1, 0.15) is 11.6 Å². The van der Waals surface area contributed by atoms with E-state index in [0.717, 1.165) is 55.2 Å². The largest absolute Gasteiger partial charge is 0.492 e. The summed E-state index contributed by atoms with van der Waals surface area (Å²) in [7, 11) is 0. The molecule has 1 saturated heterocycles. The highest BCUT2D eigenvalue weighted by Gasteiger charge is 2.18. The third-order valence-corrected chi connectivity index (χ3v) is 6.12. The molecule has 2 aromatic rings. The van der Waals surface area contributed by atoms with E-state index in [4.69, 9.17) is 21.1 Å². The molecule has 0 radical (unpaired) electrons. The van der Waals surface area contributed by atoms with E-state index in [2.05, 4.69) is 57.1 Å². The number of halogens is 1. The Labute approximate surface area is 199 Å². The van der Waals surface area contributed by atoms with Crippen LogP contribution in [0.4, 0.5) is 5.82 Å². The second-order valence-electron chi connectivity index (χ2n) is 10.7. The van der Waals surface area contributed by atoms with Crippen LogP contribution in [0.25, 0.3) is 11.1 Å². The number of rotatable bonds is 9. The minimum Gasteiger partial charge on any atom is -0.492 e. The molecule has 2 heterocycles. The topological polar surface area (TPSA) is 43.4 Å². The van der Waals surface area contributed by atoms with Crippen molar-refractivity contribution in [1.29, 1.82) is 0 Å². The van der Waals surface area contributed by atoms with Crippen LogP contribution in [0.15, 0.2) is 36.5 Å². The van der Waals surface area contributed by atoms with Crippen LogP contribution < -0.4 is 10.1 Å². The standard InChI is InChI=1S/C27H39ClN2O2/c1-19(16-27(3,4)5)13-20(2)17-32-25-9-8-21(14-24(25)28)22-10-11-29-26(15-22)30-23-7-6-12-31-18-23/h8-11,14-15,19-20,23H,6-7,12-13,16-18H2,1-5H3,(H,29,30)/t19-,20?,23-/m0/s1. The van der Waals surface area contributed by atoms with Gasteiger partial charge in [-0.2, -0.15) is 0 Å². The molecule has 4 nitrogen and oxygen atoms in total. The van der Waals surface area contributed by atoms with Crippen molar-refractivity contribution in [1.82, 2.24) is 4.98 Å². The normalized spacial score (nSPS) is 18.8. The fraction of sp³-hybridized carbons (Fsp3) is 0.593. The molecule has 3 atom stereocenters. The lowest BCUT2D eigenvalue weighted by Gasteiger charge is -2.25. The molecular formula is C27H39ClN2O2. The van der Waals surface area contributed by atoms with Crippen molar-refractivity contribution in [2.45, 2.75) is 66.3 Å². The van der Waals surface area contributed by atoms with Gasteiger partial charge < -0.3 is 14.8 Å². The van der Waals surface area contributed by atoms with E-state index >= 15 is 0 Å². The van der Waals surface area contributed by atoms with Crippen LogP contribution in [0.5, 0.6) is 5.75 Å². The number of benzene rings is 1. The average molecular weight is 459 g/mol. The first-order valence-corrected chi connectivity index (χ1v) is 12.3. The lowest BCUT2D eigenvalue weighted by atomic mass is 9.82. The summed E-state index contributed by atoms with van der Waals surface area (Å²) < 4.78 is 11.6. The zero-order valence-electron chi connectivity index (χ0n) is 20.3. The molecule has 1 aliphatic heterocycles. The molecule has 0 aliphatic carbocycles. The second kappa shape index (κ2) is 11.4. The third kappa shape index (κ3) is 7.97. The summed E-state index contributed by atoms with van der Waals surface area (Å²) >= 11 is 6.58. The van der Waals surface area contributed by atoms with Gasteiger partial charge in [0.15, 0.2) is 0 Å². The smallest absolute Gasteiger partial charge is 0.137 e. The number of ether oxygens (including phenoxy) is 2. The summed E-state index contributed by atoms with van der Waals surface area (Å²) in [4.78, 5) is 4.47. The third-order valence-electron chi connectivity index (χ3n) is 5.83. The summed E-state index contributed by atoms with van der Waals surface area (Å²) in [6.07, 6.45) is 6.41. The van der Waals surface area contributed by atoms with Crippen LogP contribution in [0.3, 0.4) is 0 Å². The van der Waals surface area contributed by atoms with Gasteiger partial charge in [-0.25, -0.2) is 4.98 Å². The number of nitrogens with one attached hydrogen (secondary N) is 1. The van der Waals surface area contributed by atoms with Crippen molar-refractivity contribution in [2.24, 2.45) is 17.3 Å². The van der Waals surface area contributed by atoms with Crippen molar-refractivity contribution < 1.29 is 9.47 Å². The second-order valence-corrected chi connectivity index (χ2v) is 11.1. The zero-order chi connectivity index (χ0) is 23.1. The molecule has 1 unspecified atom stereocenters. The molecular weight excluding hydrogens is 420 g/mol. The van der Waals surface area contributed by atoms with Crippen LogP contribution >= 0.6 is 11.6 Å². The molecule has 3 rings (SSSR count). The average Bonchev–Trinajstić information content (AvgIpc) is 2.72. The molecule has 176 valence electrons. The quantitative estimate of drug-likeness (QED) is 0.423. The van der Waals surface area contributed by atoms with Crippen LogP contribution in [0.2, 0.25) is 5.02 Å². The van der Waals surface area contributed by atoms with Gasteiger partial charge in [-0.3, -0.25) is 0 Å². The first kappa shape index (κ1) is 24.9.